The van der Waals surface area contributed by atoms with Crippen molar-refractivity contribution in [3.63, 3.8) is 0 Å². The third kappa shape index (κ3) is 4.74. The fourth-order valence-electron chi connectivity index (χ4n) is 3.97. The molecular formula is C23H30N4O2S. The number of hydrogen-bond donors (Lipinski definition) is 0. The lowest BCUT2D eigenvalue weighted by Gasteiger charge is -2.24. The lowest BCUT2D eigenvalue weighted by Crippen LogP contribution is -2.34. The molecule has 1 fully saturated rings. The number of hydrogen-bond acceptors (Lipinski definition) is 5. The maximum Gasteiger partial charge on any atom is 0.274 e. The van der Waals surface area contributed by atoms with Gasteiger partial charge in [-0.1, -0.05) is 37.3 Å². The second-order valence-corrected chi connectivity index (χ2v) is 8.76. The van der Waals surface area contributed by atoms with Crippen LogP contribution in [0.25, 0.3) is 4.96 Å². The summed E-state index contributed by atoms with van der Waals surface area (Å²) in [6.45, 7) is 6.19. The van der Waals surface area contributed by atoms with Crippen LogP contribution in [0, 0.1) is 0 Å². The van der Waals surface area contributed by atoms with Crippen LogP contribution in [0.5, 0.6) is 0 Å². The molecule has 0 aliphatic carbocycles. The predicted molar refractivity (Wildman–Crippen MR) is 120 cm³/mol. The van der Waals surface area contributed by atoms with Gasteiger partial charge in [0.05, 0.1) is 11.8 Å². The van der Waals surface area contributed by atoms with Gasteiger partial charge in [0.25, 0.3) is 5.91 Å². The first-order chi connectivity index (χ1) is 14.7. The predicted octanol–water partition coefficient (Wildman–Crippen LogP) is 3.71. The Kier molecular flexibility index (Phi) is 6.82. The Balaban J connectivity index is 1.50. The van der Waals surface area contributed by atoms with Gasteiger partial charge in [-0.3, -0.25) is 14.1 Å². The van der Waals surface area contributed by atoms with Crippen LogP contribution in [0.3, 0.4) is 0 Å². The molecular weight excluding hydrogens is 396 g/mol. The number of rotatable bonds is 9. The lowest BCUT2D eigenvalue weighted by atomic mass is 10.1. The maximum absolute atomic E-state index is 13.3. The van der Waals surface area contributed by atoms with Crippen molar-refractivity contribution in [1.82, 2.24) is 19.2 Å². The number of carbonyl (C=O) groups is 1. The van der Waals surface area contributed by atoms with Crippen molar-refractivity contribution in [2.24, 2.45) is 0 Å². The summed E-state index contributed by atoms with van der Waals surface area (Å²) in [5.74, 6) is -0.00926. The van der Waals surface area contributed by atoms with E-state index < -0.39 is 0 Å². The molecule has 0 radical (unpaired) electrons. The zero-order chi connectivity index (χ0) is 20.9. The van der Waals surface area contributed by atoms with Crippen LogP contribution in [0.15, 0.2) is 41.9 Å². The second kappa shape index (κ2) is 9.73. The number of imidazole rings is 1. The molecule has 3 heterocycles. The highest BCUT2D eigenvalue weighted by Crippen LogP contribution is 2.22. The van der Waals surface area contributed by atoms with Gasteiger partial charge in [0.2, 0.25) is 0 Å². The molecule has 1 saturated heterocycles. The number of amides is 1. The molecule has 7 heteroatoms. The molecule has 1 aliphatic heterocycles. The van der Waals surface area contributed by atoms with Crippen LogP contribution in [-0.2, 0) is 17.7 Å². The fourth-order valence-corrected chi connectivity index (χ4v) is 4.71. The van der Waals surface area contributed by atoms with E-state index in [1.165, 1.54) is 5.56 Å². The van der Waals surface area contributed by atoms with Crippen LogP contribution in [-0.4, -0.2) is 64.5 Å². The SMILES string of the molecule is CCN(Cc1c(C(=O)N(C)CCc2ccccc2)nc2sccn12)C[C@@H]1CCCO1. The topological polar surface area (TPSA) is 50.1 Å². The maximum atomic E-state index is 13.3. The average Bonchev–Trinajstić information content (AvgIpc) is 3.51. The van der Waals surface area contributed by atoms with Crippen LogP contribution < -0.4 is 0 Å². The summed E-state index contributed by atoms with van der Waals surface area (Å²) in [6, 6.07) is 10.3. The number of benzene rings is 1. The highest BCUT2D eigenvalue weighted by atomic mass is 32.1. The van der Waals surface area contributed by atoms with Gasteiger partial charge in [-0.15, -0.1) is 11.3 Å². The molecule has 2 aromatic heterocycles. The smallest absolute Gasteiger partial charge is 0.274 e. The summed E-state index contributed by atoms with van der Waals surface area (Å²) in [6.07, 6.45) is 5.40. The Morgan fingerprint density at radius 3 is 2.90 bits per heavy atom. The van der Waals surface area contributed by atoms with Crippen molar-refractivity contribution in [1.29, 1.82) is 0 Å². The summed E-state index contributed by atoms with van der Waals surface area (Å²) in [7, 11) is 1.87. The van der Waals surface area contributed by atoms with Crippen LogP contribution in [0.4, 0.5) is 0 Å². The Morgan fingerprint density at radius 1 is 1.33 bits per heavy atom. The normalized spacial score (nSPS) is 16.6. The molecule has 0 bridgehead atoms. The summed E-state index contributed by atoms with van der Waals surface area (Å²) < 4.78 is 7.90. The van der Waals surface area contributed by atoms with E-state index in [9.17, 15) is 4.79 Å². The van der Waals surface area contributed by atoms with Crippen molar-refractivity contribution in [3.05, 3.63) is 58.9 Å². The van der Waals surface area contributed by atoms with E-state index in [1.54, 1.807) is 16.2 Å². The second-order valence-electron chi connectivity index (χ2n) is 7.89. The van der Waals surface area contributed by atoms with Crippen molar-refractivity contribution >= 4 is 22.2 Å². The summed E-state index contributed by atoms with van der Waals surface area (Å²) in [5, 5.41) is 2.02. The van der Waals surface area contributed by atoms with Gasteiger partial charge in [0.1, 0.15) is 0 Å². The Morgan fingerprint density at radius 2 is 2.17 bits per heavy atom. The fraction of sp³-hybridized carbons (Fsp3) is 0.478. The number of likely N-dealkylation sites (N-methyl/N-ethyl adjacent to an activating group) is 2. The van der Waals surface area contributed by atoms with Gasteiger partial charge in [-0.05, 0) is 31.4 Å². The van der Waals surface area contributed by atoms with Crippen LogP contribution in [0.1, 0.15) is 41.5 Å². The van der Waals surface area contributed by atoms with E-state index in [4.69, 9.17) is 9.72 Å². The molecule has 0 spiro atoms. The molecule has 0 N–H and O–H groups in total. The Bertz CT molecular complexity index is 962. The van der Waals surface area contributed by atoms with Gasteiger partial charge in [0.15, 0.2) is 10.7 Å². The molecule has 160 valence electrons. The quantitative estimate of drug-likeness (QED) is 0.523. The summed E-state index contributed by atoms with van der Waals surface area (Å²) >= 11 is 1.57. The number of ether oxygens (including phenoxy) is 1. The number of aromatic nitrogens is 2. The van der Waals surface area contributed by atoms with Crippen LogP contribution in [0.2, 0.25) is 0 Å². The molecule has 1 aromatic carbocycles. The van der Waals surface area contributed by atoms with E-state index >= 15 is 0 Å². The van der Waals surface area contributed by atoms with E-state index in [1.807, 2.05) is 36.8 Å². The van der Waals surface area contributed by atoms with Crippen LogP contribution >= 0.6 is 11.3 Å². The van der Waals surface area contributed by atoms with E-state index in [0.29, 0.717) is 24.9 Å². The first kappa shape index (κ1) is 21.0. The highest BCUT2D eigenvalue weighted by Gasteiger charge is 2.25. The monoisotopic (exact) mass is 426 g/mol. The number of carbonyl (C=O) groups excluding carboxylic acids is 1. The number of thiazole rings is 1. The molecule has 3 aromatic rings. The van der Waals surface area contributed by atoms with Crippen molar-refractivity contribution in [2.45, 2.75) is 38.8 Å². The van der Waals surface area contributed by atoms with Gasteiger partial charge in [-0.2, -0.15) is 0 Å². The minimum atomic E-state index is -0.00926. The van der Waals surface area contributed by atoms with E-state index in [2.05, 4.69) is 28.4 Å². The molecule has 30 heavy (non-hydrogen) atoms. The summed E-state index contributed by atoms with van der Waals surface area (Å²) in [4.78, 5) is 23.0. The van der Waals surface area contributed by atoms with Gasteiger partial charge in [0, 0.05) is 44.9 Å². The largest absolute Gasteiger partial charge is 0.377 e. The first-order valence-corrected chi connectivity index (χ1v) is 11.6. The first-order valence-electron chi connectivity index (χ1n) is 10.7. The van der Waals surface area contributed by atoms with Gasteiger partial charge in [-0.25, -0.2) is 4.98 Å². The average molecular weight is 427 g/mol. The Hall–Kier alpha value is -2.22. The van der Waals surface area contributed by atoms with Crippen molar-refractivity contribution < 1.29 is 9.53 Å². The molecule has 6 nitrogen and oxygen atoms in total. The van der Waals surface area contributed by atoms with Gasteiger partial charge >= 0.3 is 0 Å². The number of fused-ring (bicyclic) bond motifs is 1. The molecule has 4 rings (SSSR count). The standard InChI is InChI=1S/C23H30N4O2S/c1-3-26(16-19-10-7-14-29-19)17-20-21(24-23-27(20)13-15-30-23)22(28)25(2)12-11-18-8-5-4-6-9-18/h4-6,8-9,13,15,19H,3,7,10-12,14,16-17H2,1-2H3/t19-/m0/s1. The number of nitrogens with zero attached hydrogens (tertiary/aromatic N) is 4. The van der Waals surface area contributed by atoms with E-state index in [0.717, 1.165) is 49.6 Å². The molecule has 1 aliphatic rings. The minimum absolute atomic E-state index is 0.00926. The highest BCUT2D eigenvalue weighted by molar-refractivity contribution is 7.15. The molecule has 0 unspecified atom stereocenters. The van der Waals surface area contributed by atoms with E-state index in [-0.39, 0.29) is 5.91 Å². The van der Waals surface area contributed by atoms with Crippen molar-refractivity contribution in [2.75, 3.05) is 33.3 Å². The third-order valence-corrected chi connectivity index (χ3v) is 6.55. The molecule has 1 atom stereocenters. The van der Waals surface area contributed by atoms with Gasteiger partial charge < -0.3 is 9.64 Å². The Labute approximate surface area is 182 Å². The van der Waals surface area contributed by atoms with Crippen molar-refractivity contribution in [3.8, 4) is 0 Å². The zero-order valence-corrected chi connectivity index (χ0v) is 18.6. The lowest BCUT2D eigenvalue weighted by molar-refractivity contribution is 0.0712. The summed E-state index contributed by atoms with van der Waals surface area (Å²) in [5.41, 5.74) is 2.78. The molecule has 0 saturated carbocycles. The third-order valence-electron chi connectivity index (χ3n) is 5.80. The zero-order valence-electron chi connectivity index (χ0n) is 17.8. The minimum Gasteiger partial charge on any atom is -0.377 e. The molecule has 1 amide bonds.